The van der Waals surface area contributed by atoms with Gasteiger partial charge in [0.1, 0.15) is 6.54 Å². The molecule has 0 fully saturated rings. The number of rotatable bonds is 4. The van der Waals surface area contributed by atoms with Gasteiger partial charge in [-0.05, 0) is 38.1 Å². The molecule has 0 aliphatic rings. The predicted octanol–water partition coefficient (Wildman–Crippen LogP) is 2.58. The molecular formula is C15H16ClN3O3. The molecule has 2 aromatic rings. The van der Waals surface area contributed by atoms with Crippen molar-refractivity contribution in [2.45, 2.75) is 20.4 Å². The van der Waals surface area contributed by atoms with Gasteiger partial charge >= 0.3 is 5.97 Å². The number of benzene rings is 1. The molecule has 0 radical (unpaired) electrons. The Morgan fingerprint density at radius 1 is 1.32 bits per heavy atom. The number of anilines is 1. The minimum Gasteiger partial charge on any atom is -0.465 e. The fourth-order valence-electron chi connectivity index (χ4n) is 2.03. The highest BCUT2D eigenvalue weighted by molar-refractivity contribution is 6.33. The van der Waals surface area contributed by atoms with E-state index in [0.29, 0.717) is 16.3 Å². The fraction of sp³-hybridized carbons (Fsp3) is 0.267. The lowest BCUT2D eigenvalue weighted by Crippen LogP contribution is -2.20. The third-order valence-corrected chi connectivity index (χ3v) is 3.39. The zero-order valence-corrected chi connectivity index (χ0v) is 13.3. The van der Waals surface area contributed by atoms with Crippen LogP contribution in [0, 0.1) is 13.8 Å². The summed E-state index contributed by atoms with van der Waals surface area (Å²) in [5.41, 5.74) is 2.41. The molecular weight excluding hydrogens is 306 g/mol. The van der Waals surface area contributed by atoms with Crippen molar-refractivity contribution in [3.05, 3.63) is 46.2 Å². The number of methoxy groups -OCH3 is 1. The second-order valence-electron chi connectivity index (χ2n) is 4.82. The van der Waals surface area contributed by atoms with E-state index >= 15 is 0 Å². The van der Waals surface area contributed by atoms with Crippen LogP contribution < -0.4 is 5.32 Å². The van der Waals surface area contributed by atoms with Crippen molar-refractivity contribution in [1.29, 1.82) is 0 Å². The number of esters is 1. The van der Waals surface area contributed by atoms with Crippen LogP contribution in [0.25, 0.3) is 0 Å². The van der Waals surface area contributed by atoms with E-state index in [-0.39, 0.29) is 12.5 Å². The van der Waals surface area contributed by atoms with Gasteiger partial charge in [0.2, 0.25) is 5.91 Å². The normalized spacial score (nSPS) is 10.4. The summed E-state index contributed by atoms with van der Waals surface area (Å²) in [6, 6.07) is 6.43. The summed E-state index contributed by atoms with van der Waals surface area (Å²) in [6.07, 6.45) is 0. The molecule has 7 heteroatoms. The van der Waals surface area contributed by atoms with E-state index < -0.39 is 5.97 Å². The van der Waals surface area contributed by atoms with Crippen LogP contribution in [0.3, 0.4) is 0 Å². The molecule has 1 N–H and O–H groups in total. The Bertz CT molecular complexity index is 725. The molecule has 1 heterocycles. The highest BCUT2D eigenvalue weighted by Crippen LogP contribution is 2.23. The van der Waals surface area contributed by atoms with Gasteiger partial charge in [-0.25, -0.2) is 4.79 Å². The van der Waals surface area contributed by atoms with Gasteiger partial charge in [-0.1, -0.05) is 11.6 Å². The summed E-state index contributed by atoms with van der Waals surface area (Å²) in [5.74, 6) is -0.777. The molecule has 0 aliphatic carbocycles. The Kier molecular flexibility index (Phi) is 4.82. The molecule has 0 atom stereocenters. The maximum atomic E-state index is 12.1. The zero-order valence-electron chi connectivity index (χ0n) is 12.5. The monoisotopic (exact) mass is 321 g/mol. The number of hydrogen-bond donors (Lipinski definition) is 1. The molecule has 1 aromatic heterocycles. The number of carbonyl (C=O) groups excluding carboxylic acids is 2. The number of aryl methyl sites for hydroxylation is 2. The van der Waals surface area contributed by atoms with Crippen molar-refractivity contribution in [2.24, 2.45) is 0 Å². The molecule has 0 aliphatic heterocycles. The first-order chi connectivity index (χ1) is 10.4. The van der Waals surface area contributed by atoms with Crippen LogP contribution in [0.4, 0.5) is 5.69 Å². The van der Waals surface area contributed by atoms with Gasteiger partial charge in [-0.2, -0.15) is 5.10 Å². The lowest BCUT2D eigenvalue weighted by molar-refractivity contribution is -0.116. The average molecular weight is 322 g/mol. The van der Waals surface area contributed by atoms with Crippen LogP contribution in [0.2, 0.25) is 5.02 Å². The maximum absolute atomic E-state index is 12.1. The molecule has 2 rings (SSSR count). The molecule has 0 spiro atoms. The Morgan fingerprint density at radius 3 is 2.64 bits per heavy atom. The summed E-state index contributed by atoms with van der Waals surface area (Å²) in [7, 11) is 1.29. The Hall–Kier alpha value is -2.34. The number of amides is 1. The SMILES string of the molecule is COC(=O)c1ccc(Cl)c(NC(=O)Cn2nc(C)cc2C)c1. The van der Waals surface area contributed by atoms with Crippen LogP contribution in [0.5, 0.6) is 0 Å². The number of nitrogens with zero attached hydrogens (tertiary/aromatic N) is 2. The van der Waals surface area contributed by atoms with Crippen molar-refractivity contribution in [1.82, 2.24) is 9.78 Å². The van der Waals surface area contributed by atoms with E-state index in [1.165, 1.54) is 25.3 Å². The third-order valence-electron chi connectivity index (χ3n) is 3.06. The number of halogens is 1. The first kappa shape index (κ1) is 16.0. The van der Waals surface area contributed by atoms with E-state index in [9.17, 15) is 9.59 Å². The van der Waals surface area contributed by atoms with Crippen LogP contribution in [-0.2, 0) is 16.1 Å². The Balaban J connectivity index is 2.14. The topological polar surface area (TPSA) is 73.2 Å². The van der Waals surface area contributed by atoms with Gasteiger partial charge < -0.3 is 10.1 Å². The summed E-state index contributed by atoms with van der Waals surface area (Å²) in [4.78, 5) is 23.6. The second kappa shape index (κ2) is 6.62. The molecule has 1 aromatic carbocycles. The molecule has 22 heavy (non-hydrogen) atoms. The van der Waals surface area contributed by atoms with E-state index in [4.69, 9.17) is 11.6 Å². The van der Waals surface area contributed by atoms with E-state index in [2.05, 4.69) is 15.2 Å². The van der Waals surface area contributed by atoms with Crippen LogP contribution in [0.15, 0.2) is 24.3 Å². The Labute approximate surface area is 133 Å². The number of aromatic nitrogens is 2. The van der Waals surface area contributed by atoms with Crippen molar-refractivity contribution in [2.75, 3.05) is 12.4 Å². The molecule has 0 saturated heterocycles. The van der Waals surface area contributed by atoms with Gasteiger partial charge in [0, 0.05) is 5.69 Å². The molecule has 116 valence electrons. The molecule has 6 nitrogen and oxygen atoms in total. The smallest absolute Gasteiger partial charge is 0.337 e. The lowest BCUT2D eigenvalue weighted by Gasteiger charge is -2.09. The maximum Gasteiger partial charge on any atom is 0.337 e. The van der Waals surface area contributed by atoms with Crippen molar-refractivity contribution in [3.8, 4) is 0 Å². The van der Waals surface area contributed by atoms with Gasteiger partial charge in [-0.3, -0.25) is 9.48 Å². The third kappa shape index (κ3) is 3.65. The largest absolute Gasteiger partial charge is 0.465 e. The highest BCUT2D eigenvalue weighted by Gasteiger charge is 2.12. The van der Waals surface area contributed by atoms with Crippen molar-refractivity contribution in [3.63, 3.8) is 0 Å². The molecule has 0 unspecified atom stereocenters. The van der Waals surface area contributed by atoms with Gasteiger partial charge in [0.05, 0.1) is 29.1 Å². The lowest BCUT2D eigenvalue weighted by atomic mass is 10.2. The summed E-state index contributed by atoms with van der Waals surface area (Å²) < 4.78 is 6.24. The first-order valence-electron chi connectivity index (χ1n) is 6.59. The number of carbonyl (C=O) groups is 2. The summed E-state index contributed by atoms with van der Waals surface area (Å²) in [5, 5.41) is 7.24. The average Bonchev–Trinajstić information content (AvgIpc) is 2.78. The predicted molar refractivity (Wildman–Crippen MR) is 83.1 cm³/mol. The quantitative estimate of drug-likeness (QED) is 0.878. The van der Waals surface area contributed by atoms with E-state index in [1.54, 1.807) is 4.68 Å². The van der Waals surface area contributed by atoms with Crippen LogP contribution in [-0.4, -0.2) is 28.8 Å². The summed E-state index contributed by atoms with van der Waals surface area (Å²) >= 11 is 6.04. The van der Waals surface area contributed by atoms with Crippen LogP contribution in [0.1, 0.15) is 21.7 Å². The van der Waals surface area contributed by atoms with Crippen molar-refractivity contribution < 1.29 is 14.3 Å². The molecule has 0 saturated carbocycles. The van der Waals surface area contributed by atoms with Crippen molar-refractivity contribution >= 4 is 29.2 Å². The number of nitrogens with one attached hydrogen (secondary N) is 1. The van der Waals surface area contributed by atoms with Gasteiger partial charge in [0.15, 0.2) is 0 Å². The van der Waals surface area contributed by atoms with Gasteiger partial charge in [0.25, 0.3) is 0 Å². The summed E-state index contributed by atoms with van der Waals surface area (Å²) in [6.45, 7) is 3.80. The van der Waals surface area contributed by atoms with E-state index in [0.717, 1.165) is 11.4 Å². The minimum atomic E-state index is -0.495. The van der Waals surface area contributed by atoms with E-state index in [1.807, 2.05) is 19.9 Å². The second-order valence-corrected chi connectivity index (χ2v) is 5.23. The van der Waals surface area contributed by atoms with Crippen LogP contribution >= 0.6 is 11.6 Å². The van der Waals surface area contributed by atoms with Gasteiger partial charge in [-0.15, -0.1) is 0 Å². The molecule has 1 amide bonds. The minimum absolute atomic E-state index is 0.0679. The highest BCUT2D eigenvalue weighted by atomic mass is 35.5. The molecule has 0 bridgehead atoms. The zero-order chi connectivity index (χ0) is 16.3. The Morgan fingerprint density at radius 2 is 2.05 bits per heavy atom. The fourth-order valence-corrected chi connectivity index (χ4v) is 2.19. The first-order valence-corrected chi connectivity index (χ1v) is 6.97. The number of hydrogen-bond acceptors (Lipinski definition) is 4. The number of ether oxygens (including phenoxy) is 1. The standard InChI is InChI=1S/C15H16ClN3O3/c1-9-6-10(2)19(18-9)8-14(20)17-13-7-11(15(21)22-3)4-5-12(13)16/h4-7H,8H2,1-3H3,(H,17,20).